The van der Waals surface area contributed by atoms with E-state index in [1.54, 1.807) is 11.3 Å². The number of benzene rings is 1. The molecule has 0 saturated carbocycles. The summed E-state index contributed by atoms with van der Waals surface area (Å²) in [5, 5.41) is 7.83. The van der Waals surface area contributed by atoms with Crippen molar-refractivity contribution in [2.75, 3.05) is 19.7 Å². The lowest BCUT2D eigenvalue weighted by molar-refractivity contribution is 0.0307. The third kappa shape index (κ3) is 3.81. The summed E-state index contributed by atoms with van der Waals surface area (Å²) in [6.45, 7) is 4.49. The fourth-order valence-corrected chi connectivity index (χ4v) is 3.92. The molecule has 1 aromatic heterocycles. The molecule has 1 aromatic carbocycles. The van der Waals surface area contributed by atoms with E-state index in [4.69, 9.17) is 27.9 Å². The van der Waals surface area contributed by atoms with Crippen molar-refractivity contribution in [1.29, 1.82) is 0 Å². The number of aromatic nitrogens is 1. The van der Waals surface area contributed by atoms with Crippen LogP contribution in [-0.4, -0.2) is 24.7 Å². The van der Waals surface area contributed by atoms with Gasteiger partial charge in [0.15, 0.2) is 0 Å². The second-order valence-corrected chi connectivity index (χ2v) is 7.27. The van der Waals surface area contributed by atoms with E-state index in [2.05, 4.69) is 15.7 Å². The lowest BCUT2D eigenvalue weighted by Gasteiger charge is -2.24. The smallest absolute Gasteiger partial charge is 0.0932 e. The molecule has 0 spiro atoms. The lowest BCUT2D eigenvalue weighted by Crippen LogP contribution is -2.26. The summed E-state index contributed by atoms with van der Waals surface area (Å²) in [4.78, 5) is 4.58. The van der Waals surface area contributed by atoms with Gasteiger partial charge in [0.05, 0.1) is 27.8 Å². The van der Waals surface area contributed by atoms with Crippen LogP contribution in [0.2, 0.25) is 10.0 Å². The summed E-state index contributed by atoms with van der Waals surface area (Å²) in [5.74, 6) is 0.324. The van der Waals surface area contributed by atoms with E-state index in [0.717, 1.165) is 35.8 Å². The molecule has 3 nitrogen and oxygen atoms in total. The molecule has 0 amide bonds. The summed E-state index contributed by atoms with van der Waals surface area (Å²) in [5.41, 5.74) is 2.16. The van der Waals surface area contributed by atoms with Gasteiger partial charge in [-0.25, -0.2) is 4.98 Å². The number of hydrogen-bond acceptors (Lipinski definition) is 4. The van der Waals surface area contributed by atoms with E-state index in [1.807, 2.05) is 25.1 Å². The molecule has 1 fully saturated rings. The first-order chi connectivity index (χ1) is 10.6. The van der Waals surface area contributed by atoms with Crippen molar-refractivity contribution in [3.63, 3.8) is 0 Å². The minimum Gasteiger partial charge on any atom is -0.372 e. The molecule has 2 heterocycles. The zero-order valence-electron chi connectivity index (χ0n) is 12.3. The highest BCUT2D eigenvalue weighted by atomic mass is 35.5. The second-order valence-electron chi connectivity index (χ2n) is 5.52. The highest BCUT2D eigenvalue weighted by Gasteiger charge is 2.27. The Labute approximate surface area is 144 Å². The average Bonchev–Trinajstić information content (AvgIpc) is 2.76. The molecule has 22 heavy (non-hydrogen) atoms. The molecular formula is C16H18Cl2N2OS. The van der Waals surface area contributed by atoms with Crippen molar-refractivity contribution >= 4 is 34.5 Å². The van der Waals surface area contributed by atoms with Gasteiger partial charge in [-0.2, -0.15) is 0 Å². The number of ether oxygens (including phenoxy) is 1. The summed E-state index contributed by atoms with van der Waals surface area (Å²) in [6, 6.07) is 5.76. The molecule has 2 atom stereocenters. The van der Waals surface area contributed by atoms with Crippen molar-refractivity contribution in [2.24, 2.45) is 5.92 Å². The van der Waals surface area contributed by atoms with E-state index >= 15 is 0 Å². The Bertz CT molecular complexity index is 647. The molecule has 0 bridgehead atoms. The first-order valence-electron chi connectivity index (χ1n) is 7.32. The highest BCUT2D eigenvalue weighted by molar-refractivity contribution is 7.09. The topological polar surface area (TPSA) is 34.1 Å². The quantitative estimate of drug-likeness (QED) is 0.890. The fraction of sp³-hybridized carbons (Fsp3) is 0.438. The zero-order valence-corrected chi connectivity index (χ0v) is 14.6. The number of halogens is 2. The Hall–Kier alpha value is -0.650. The van der Waals surface area contributed by atoms with Crippen molar-refractivity contribution in [3.8, 4) is 0 Å². The predicted molar refractivity (Wildman–Crippen MR) is 92.1 cm³/mol. The third-order valence-electron chi connectivity index (χ3n) is 3.79. The first-order valence-corrected chi connectivity index (χ1v) is 8.95. The molecule has 0 aliphatic carbocycles. The number of aryl methyl sites for hydroxylation is 1. The van der Waals surface area contributed by atoms with Crippen LogP contribution >= 0.6 is 34.5 Å². The minimum atomic E-state index is 0.00831. The van der Waals surface area contributed by atoms with E-state index in [1.165, 1.54) is 0 Å². The van der Waals surface area contributed by atoms with E-state index < -0.39 is 0 Å². The van der Waals surface area contributed by atoms with Gasteiger partial charge >= 0.3 is 0 Å². The van der Waals surface area contributed by atoms with Gasteiger partial charge in [0.1, 0.15) is 0 Å². The number of nitrogens with one attached hydrogen (secondary N) is 1. The van der Waals surface area contributed by atoms with Crippen LogP contribution in [0.4, 0.5) is 0 Å². The molecule has 0 unspecified atom stereocenters. The number of nitrogens with zero attached hydrogens (tertiary/aromatic N) is 1. The van der Waals surface area contributed by atoms with Crippen molar-refractivity contribution in [1.82, 2.24) is 10.3 Å². The molecule has 3 rings (SSSR count). The van der Waals surface area contributed by atoms with Gasteiger partial charge in [-0.3, -0.25) is 0 Å². The molecule has 1 N–H and O–H groups in total. The fourth-order valence-electron chi connectivity index (χ4n) is 2.75. The number of rotatable bonds is 3. The number of hydrogen-bond donors (Lipinski definition) is 1. The maximum absolute atomic E-state index is 6.17. The first kappa shape index (κ1) is 16.2. The monoisotopic (exact) mass is 356 g/mol. The largest absolute Gasteiger partial charge is 0.372 e. The Balaban J connectivity index is 1.85. The SMILES string of the molecule is Cc1csc(C[C@@H]2CNCCO[C@H]2c2ccc(Cl)c(Cl)c2)n1. The Kier molecular flexibility index (Phi) is 5.37. The van der Waals surface area contributed by atoms with Crippen LogP contribution in [0.3, 0.4) is 0 Å². The van der Waals surface area contributed by atoms with Crippen molar-refractivity contribution in [2.45, 2.75) is 19.4 Å². The average molecular weight is 357 g/mol. The van der Waals surface area contributed by atoms with E-state index in [0.29, 0.717) is 22.6 Å². The van der Waals surface area contributed by atoms with Crippen LogP contribution in [0.15, 0.2) is 23.6 Å². The molecule has 118 valence electrons. The summed E-state index contributed by atoms with van der Waals surface area (Å²) in [7, 11) is 0. The maximum atomic E-state index is 6.17. The second kappa shape index (κ2) is 7.28. The summed E-state index contributed by atoms with van der Waals surface area (Å²) >= 11 is 13.9. The minimum absolute atomic E-state index is 0.00831. The number of thiazole rings is 1. The van der Waals surface area contributed by atoms with Crippen molar-refractivity contribution in [3.05, 3.63) is 49.9 Å². The maximum Gasteiger partial charge on any atom is 0.0932 e. The van der Waals surface area contributed by atoms with Crippen LogP contribution in [0.1, 0.15) is 22.4 Å². The highest BCUT2D eigenvalue weighted by Crippen LogP contribution is 2.34. The molecule has 2 aromatic rings. The van der Waals surface area contributed by atoms with Crippen LogP contribution in [0, 0.1) is 12.8 Å². The molecule has 1 aliphatic rings. The van der Waals surface area contributed by atoms with Gasteiger partial charge in [-0.15, -0.1) is 11.3 Å². The Morgan fingerprint density at radius 1 is 1.36 bits per heavy atom. The van der Waals surface area contributed by atoms with Crippen molar-refractivity contribution < 1.29 is 4.74 Å². The lowest BCUT2D eigenvalue weighted by atomic mass is 9.93. The normalized spacial score (nSPS) is 22.5. The van der Waals surface area contributed by atoms with Gasteiger partial charge in [-0.1, -0.05) is 29.3 Å². The third-order valence-corrected chi connectivity index (χ3v) is 5.51. The Morgan fingerprint density at radius 2 is 2.23 bits per heavy atom. The molecule has 1 saturated heterocycles. The molecular weight excluding hydrogens is 339 g/mol. The zero-order chi connectivity index (χ0) is 15.5. The Morgan fingerprint density at radius 3 is 2.95 bits per heavy atom. The summed E-state index contributed by atoms with van der Waals surface area (Å²) in [6.07, 6.45) is 0.908. The van der Waals surface area contributed by atoms with Crippen LogP contribution in [0.25, 0.3) is 0 Å². The molecule has 0 radical (unpaired) electrons. The van der Waals surface area contributed by atoms with Gasteiger partial charge in [0, 0.05) is 36.5 Å². The molecule has 6 heteroatoms. The van der Waals surface area contributed by atoms with Gasteiger partial charge in [0.2, 0.25) is 0 Å². The van der Waals surface area contributed by atoms with Gasteiger partial charge < -0.3 is 10.1 Å². The standard InChI is InChI=1S/C16H18Cl2N2OS/c1-10-9-22-15(20-10)7-12-8-19-4-5-21-16(12)11-2-3-13(17)14(18)6-11/h2-3,6,9,12,16,19H,4-5,7-8H2,1H3/t12-,16+/m1/s1. The molecule has 1 aliphatic heterocycles. The van der Waals surface area contributed by atoms with Crippen LogP contribution in [0.5, 0.6) is 0 Å². The van der Waals surface area contributed by atoms with Crippen LogP contribution < -0.4 is 5.32 Å². The van der Waals surface area contributed by atoms with Gasteiger partial charge in [0.25, 0.3) is 0 Å². The summed E-state index contributed by atoms with van der Waals surface area (Å²) < 4.78 is 6.09. The van der Waals surface area contributed by atoms with E-state index in [9.17, 15) is 0 Å². The van der Waals surface area contributed by atoms with E-state index in [-0.39, 0.29) is 6.10 Å². The predicted octanol–water partition coefficient (Wildman–Crippen LogP) is 4.28. The van der Waals surface area contributed by atoms with Gasteiger partial charge in [-0.05, 0) is 24.6 Å². The van der Waals surface area contributed by atoms with Crippen LogP contribution in [-0.2, 0) is 11.2 Å².